The van der Waals surface area contributed by atoms with E-state index in [0.29, 0.717) is 36.5 Å². The number of halogens is 1. The topological polar surface area (TPSA) is 59.8 Å². The van der Waals surface area contributed by atoms with Crippen LogP contribution in [0, 0.1) is 12.8 Å². The van der Waals surface area contributed by atoms with Crippen molar-refractivity contribution in [1.29, 1.82) is 0 Å². The number of nitrogens with zero attached hydrogens (tertiary/aromatic N) is 3. The predicted octanol–water partition coefficient (Wildman–Crippen LogP) is 5.65. The largest absolute Gasteiger partial charge is 0.439 e. The fraction of sp³-hybridized carbons (Fsp3) is 0.370. The van der Waals surface area contributed by atoms with Gasteiger partial charge in [-0.25, -0.2) is 4.68 Å². The van der Waals surface area contributed by atoms with Gasteiger partial charge in [0.05, 0.1) is 36.3 Å². The average molecular weight is 484 g/mol. The normalized spacial score (nSPS) is 12.3. The average Bonchev–Trinajstić information content (AvgIpc) is 3.09. The van der Waals surface area contributed by atoms with E-state index in [4.69, 9.17) is 26.2 Å². The van der Waals surface area contributed by atoms with Crippen LogP contribution in [0.5, 0.6) is 11.6 Å². The van der Waals surface area contributed by atoms with Gasteiger partial charge in [0.2, 0.25) is 5.88 Å². The lowest BCUT2D eigenvalue weighted by Gasteiger charge is -2.27. The molecule has 1 heterocycles. The number of rotatable bonds is 13. The monoisotopic (exact) mass is 483 g/mol. The first-order valence-electron chi connectivity index (χ1n) is 11.5. The van der Waals surface area contributed by atoms with E-state index >= 15 is 0 Å². The number of benzene rings is 2. The molecule has 6 nitrogen and oxygen atoms in total. The lowest BCUT2D eigenvalue weighted by molar-refractivity contribution is 0.0222. The smallest absolute Gasteiger partial charge is 0.227 e. The third-order valence-electron chi connectivity index (χ3n) is 5.17. The Morgan fingerprint density at radius 3 is 2.59 bits per heavy atom. The van der Waals surface area contributed by atoms with Crippen LogP contribution in [-0.2, 0) is 11.3 Å². The van der Waals surface area contributed by atoms with Gasteiger partial charge in [-0.1, -0.05) is 55.8 Å². The first-order valence-corrected chi connectivity index (χ1v) is 11.9. The molecule has 0 saturated carbocycles. The highest BCUT2D eigenvalue weighted by atomic mass is 35.5. The maximum Gasteiger partial charge on any atom is 0.227 e. The minimum absolute atomic E-state index is 0.259. The van der Waals surface area contributed by atoms with Crippen molar-refractivity contribution in [3.8, 4) is 17.3 Å². The summed E-state index contributed by atoms with van der Waals surface area (Å²) in [5, 5.41) is 16.0. The van der Waals surface area contributed by atoms with Crippen molar-refractivity contribution < 1.29 is 14.6 Å². The van der Waals surface area contributed by atoms with Crippen molar-refractivity contribution in [2.24, 2.45) is 5.92 Å². The fourth-order valence-electron chi connectivity index (χ4n) is 3.79. The molecular formula is C27H34ClN3O3. The molecule has 0 spiro atoms. The summed E-state index contributed by atoms with van der Waals surface area (Å²) in [7, 11) is 0. The molecule has 0 aliphatic carbocycles. The Bertz CT molecular complexity index is 1050. The molecule has 34 heavy (non-hydrogen) atoms. The first-order chi connectivity index (χ1) is 16.4. The molecule has 0 unspecified atom stereocenters. The van der Waals surface area contributed by atoms with Crippen LogP contribution >= 0.6 is 11.6 Å². The first kappa shape index (κ1) is 26.0. The van der Waals surface area contributed by atoms with E-state index in [9.17, 15) is 5.11 Å². The van der Waals surface area contributed by atoms with Gasteiger partial charge < -0.3 is 14.6 Å². The molecule has 0 bridgehead atoms. The summed E-state index contributed by atoms with van der Waals surface area (Å²) in [5.41, 5.74) is 2.64. The predicted molar refractivity (Wildman–Crippen MR) is 137 cm³/mol. The second kappa shape index (κ2) is 12.7. The number of hydrogen-bond acceptors (Lipinski definition) is 5. The maximum atomic E-state index is 10.6. The van der Waals surface area contributed by atoms with E-state index in [1.807, 2.05) is 61.5 Å². The van der Waals surface area contributed by atoms with Crippen LogP contribution in [-0.4, -0.2) is 52.2 Å². The Morgan fingerprint density at radius 2 is 1.91 bits per heavy atom. The van der Waals surface area contributed by atoms with Crippen molar-refractivity contribution in [2.45, 2.75) is 33.4 Å². The Hall–Kier alpha value is -2.64. The molecule has 2 aromatic carbocycles. The van der Waals surface area contributed by atoms with Crippen LogP contribution in [0.15, 0.2) is 67.3 Å². The molecule has 182 valence electrons. The van der Waals surface area contributed by atoms with Gasteiger partial charge in [-0.05, 0) is 43.2 Å². The standard InChI is InChI=1S/C27H34ClN3O3/c1-5-14-33-19-24(32)17-30(16-20(2)3)18-26-21(4)29-31(23-11-9-10-22(28)15-23)27(26)34-25-12-7-6-8-13-25/h5-13,15,20,24,32H,1,14,16-19H2,2-4H3/t24-/m0/s1. The molecule has 3 rings (SSSR count). The zero-order chi connectivity index (χ0) is 24.5. The van der Waals surface area contributed by atoms with E-state index < -0.39 is 6.10 Å². The molecule has 0 aliphatic heterocycles. The summed E-state index contributed by atoms with van der Waals surface area (Å²) in [6.45, 7) is 12.5. The van der Waals surface area contributed by atoms with E-state index in [-0.39, 0.29) is 6.61 Å². The molecule has 1 atom stereocenters. The van der Waals surface area contributed by atoms with Gasteiger partial charge in [-0.3, -0.25) is 4.90 Å². The van der Waals surface area contributed by atoms with Crippen LogP contribution in [0.25, 0.3) is 5.69 Å². The second-order valence-electron chi connectivity index (χ2n) is 8.74. The Morgan fingerprint density at radius 1 is 1.15 bits per heavy atom. The van der Waals surface area contributed by atoms with Crippen molar-refractivity contribution in [2.75, 3.05) is 26.3 Å². The summed E-state index contributed by atoms with van der Waals surface area (Å²) in [4.78, 5) is 2.22. The van der Waals surface area contributed by atoms with Crippen LogP contribution < -0.4 is 4.74 Å². The van der Waals surface area contributed by atoms with Crippen molar-refractivity contribution >= 4 is 11.6 Å². The van der Waals surface area contributed by atoms with Gasteiger partial charge in [0.15, 0.2) is 0 Å². The van der Waals surface area contributed by atoms with Gasteiger partial charge in [-0.15, -0.1) is 6.58 Å². The molecule has 1 N–H and O–H groups in total. The number of aliphatic hydroxyl groups excluding tert-OH is 1. The summed E-state index contributed by atoms with van der Waals surface area (Å²) in [6, 6.07) is 17.2. The molecule has 0 saturated heterocycles. The van der Waals surface area contributed by atoms with Gasteiger partial charge >= 0.3 is 0 Å². The molecule has 0 amide bonds. The van der Waals surface area contributed by atoms with Gasteiger partial charge in [-0.2, -0.15) is 5.10 Å². The minimum Gasteiger partial charge on any atom is -0.439 e. The molecule has 1 aromatic heterocycles. The van der Waals surface area contributed by atoms with Crippen molar-refractivity contribution in [3.05, 3.63) is 83.5 Å². The third kappa shape index (κ3) is 7.43. The Balaban J connectivity index is 1.94. The lowest BCUT2D eigenvalue weighted by atomic mass is 10.1. The van der Waals surface area contributed by atoms with E-state index in [0.717, 1.165) is 29.2 Å². The number of para-hydroxylation sites is 1. The second-order valence-corrected chi connectivity index (χ2v) is 9.18. The number of aryl methyl sites for hydroxylation is 1. The summed E-state index contributed by atoms with van der Waals surface area (Å²) < 4.78 is 13.6. The zero-order valence-corrected chi connectivity index (χ0v) is 20.9. The van der Waals surface area contributed by atoms with E-state index in [1.165, 1.54) is 0 Å². The molecule has 0 fully saturated rings. The SMILES string of the molecule is C=CCOC[C@@H](O)CN(Cc1c(C)nn(-c2cccc(Cl)c2)c1Oc1ccccc1)CC(C)C. The highest BCUT2D eigenvalue weighted by Crippen LogP contribution is 2.32. The van der Waals surface area contributed by atoms with E-state index in [2.05, 4.69) is 25.3 Å². The lowest BCUT2D eigenvalue weighted by Crippen LogP contribution is -2.37. The molecule has 0 aliphatic rings. The number of aromatic nitrogens is 2. The van der Waals surface area contributed by atoms with Crippen LogP contribution in [0.1, 0.15) is 25.1 Å². The fourth-order valence-corrected chi connectivity index (χ4v) is 3.97. The van der Waals surface area contributed by atoms with Crippen molar-refractivity contribution in [1.82, 2.24) is 14.7 Å². The number of hydrogen-bond donors (Lipinski definition) is 1. The summed E-state index contributed by atoms with van der Waals surface area (Å²) in [6.07, 6.45) is 1.07. The third-order valence-corrected chi connectivity index (χ3v) is 5.40. The number of aliphatic hydroxyl groups is 1. The van der Waals surface area contributed by atoms with E-state index in [1.54, 1.807) is 10.8 Å². The zero-order valence-electron chi connectivity index (χ0n) is 20.2. The van der Waals surface area contributed by atoms with Crippen molar-refractivity contribution in [3.63, 3.8) is 0 Å². The Labute approximate surface area is 207 Å². The summed E-state index contributed by atoms with van der Waals surface area (Å²) >= 11 is 6.27. The van der Waals surface area contributed by atoms with Crippen LogP contribution in [0.4, 0.5) is 0 Å². The highest BCUT2D eigenvalue weighted by molar-refractivity contribution is 6.30. The molecule has 7 heteroatoms. The molecular weight excluding hydrogens is 450 g/mol. The van der Waals surface area contributed by atoms with Gasteiger partial charge in [0, 0.05) is 24.7 Å². The van der Waals surface area contributed by atoms with Gasteiger partial charge in [0.1, 0.15) is 5.75 Å². The maximum absolute atomic E-state index is 10.6. The van der Waals surface area contributed by atoms with Gasteiger partial charge in [0.25, 0.3) is 0 Å². The summed E-state index contributed by atoms with van der Waals surface area (Å²) in [5.74, 6) is 1.78. The minimum atomic E-state index is -0.611. The number of ether oxygens (including phenoxy) is 2. The van der Waals surface area contributed by atoms with Crippen LogP contribution in [0.3, 0.4) is 0 Å². The highest BCUT2D eigenvalue weighted by Gasteiger charge is 2.23. The molecule has 3 aromatic rings. The van der Waals surface area contributed by atoms with Crippen LogP contribution in [0.2, 0.25) is 5.02 Å². The quantitative estimate of drug-likeness (QED) is 0.251. The Kier molecular flexibility index (Phi) is 9.72. The molecule has 0 radical (unpaired) electrons.